The molecule has 9 heteroatoms. The molecule has 2 aromatic heterocycles. The molecule has 0 fully saturated rings. The molecular formula is C23H31F2N5O2. The summed E-state index contributed by atoms with van der Waals surface area (Å²) < 4.78 is 26.1. The van der Waals surface area contributed by atoms with E-state index in [1.165, 1.54) is 5.56 Å². The zero-order chi connectivity index (χ0) is 22.8. The van der Waals surface area contributed by atoms with Crippen LogP contribution in [-0.4, -0.2) is 64.6 Å². The number of unbranched alkanes of at least 4 members (excludes halogenated alkanes) is 1. The Bertz CT molecular complexity index is 854. The van der Waals surface area contributed by atoms with Crippen molar-refractivity contribution in [2.75, 3.05) is 36.8 Å². The molecule has 1 atom stereocenters. The number of nitrogens with zero attached hydrogens (tertiary/aromatic N) is 3. The van der Waals surface area contributed by atoms with Gasteiger partial charge in [0.2, 0.25) is 0 Å². The van der Waals surface area contributed by atoms with Gasteiger partial charge in [-0.05, 0) is 68.8 Å². The van der Waals surface area contributed by atoms with Gasteiger partial charge in [0.1, 0.15) is 17.7 Å². The van der Waals surface area contributed by atoms with Crippen molar-refractivity contribution >= 4 is 17.6 Å². The number of rotatable bonds is 13. The summed E-state index contributed by atoms with van der Waals surface area (Å²) in [6, 6.07) is 8.44. The highest BCUT2D eigenvalue weighted by atomic mass is 19.3. The second kappa shape index (κ2) is 12.3. The predicted molar refractivity (Wildman–Crippen MR) is 120 cm³/mol. The predicted octanol–water partition coefficient (Wildman–Crippen LogP) is 3.68. The number of aliphatic carboxylic acids is 1. The SMILES string of the molecule is O=C(O)[C@H](CCN(CCCCc1ccc2c(n1)NCCC2)CC(F)F)Nc1ccccn1. The van der Waals surface area contributed by atoms with Gasteiger partial charge in [-0.1, -0.05) is 12.1 Å². The van der Waals surface area contributed by atoms with E-state index in [1.807, 2.05) is 6.07 Å². The molecule has 0 bridgehead atoms. The van der Waals surface area contributed by atoms with E-state index in [9.17, 15) is 18.7 Å². The fourth-order valence-corrected chi connectivity index (χ4v) is 3.83. The van der Waals surface area contributed by atoms with Crippen molar-refractivity contribution < 1.29 is 18.7 Å². The van der Waals surface area contributed by atoms with E-state index in [2.05, 4.69) is 26.7 Å². The maximum absolute atomic E-state index is 13.0. The molecule has 3 rings (SSSR count). The number of anilines is 2. The Kier molecular flexibility index (Phi) is 9.15. The Balaban J connectivity index is 1.46. The van der Waals surface area contributed by atoms with Gasteiger partial charge in [-0.15, -0.1) is 0 Å². The van der Waals surface area contributed by atoms with Crippen LogP contribution in [0.3, 0.4) is 0 Å². The average molecular weight is 448 g/mol. The first-order valence-electron chi connectivity index (χ1n) is 11.1. The number of alkyl halides is 2. The third kappa shape index (κ3) is 7.71. The van der Waals surface area contributed by atoms with Crippen molar-refractivity contribution in [3.63, 3.8) is 0 Å². The zero-order valence-electron chi connectivity index (χ0n) is 18.1. The van der Waals surface area contributed by atoms with Gasteiger partial charge in [0, 0.05) is 25.0 Å². The molecule has 0 amide bonds. The van der Waals surface area contributed by atoms with E-state index in [1.54, 1.807) is 29.3 Å². The van der Waals surface area contributed by atoms with Gasteiger partial charge in [0.15, 0.2) is 0 Å². The fourth-order valence-electron chi connectivity index (χ4n) is 3.83. The number of hydrogen-bond donors (Lipinski definition) is 3. The normalized spacial score (nSPS) is 14.1. The minimum atomic E-state index is -2.46. The maximum atomic E-state index is 13.0. The summed E-state index contributed by atoms with van der Waals surface area (Å²) in [7, 11) is 0. The van der Waals surface area contributed by atoms with Crippen molar-refractivity contribution in [3.05, 3.63) is 47.8 Å². The Hall–Kier alpha value is -2.81. The van der Waals surface area contributed by atoms with Crippen LogP contribution in [0.4, 0.5) is 20.4 Å². The summed E-state index contributed by atoms with van der Waals surface area (Å²) in [6.45, 7) is 1.33. The van der Waals surface area contributed by atoms with Gasteiger partial charge in [0.25, 0.3) is 6.43 Å². The number of fused-ring (bicyclic) bond motifs is 1. The molecule has 0 spiro atoms. The van der Waals surface area contributed by atoms with Crippen LogP contribution in [0.15, 0.2) is 36.5 Å². The van der Waals surface area contributed by atoms with Crippen molar-refractivity contribution in [1.82, 2.24) is 14.9 Å². The Morgan fingerprint density at radius 3 is 2.84 bits per heavy atom. The van der Waals surface area contributed by atoms with Crippen LogP contribution in [-0.2, 0) is 17.6 Å². The molecular weight excluding hydrogens is 416 g/mol. The van der Waals surface area contributed by atoms with E-state index in [0.29, 0.717) is 12.4 Å². The molecule has 0 radical (unpaired) electrons. The standard InChI is InChI=1S/C23H31F2N5O2/c24-20(25)16-30(15-11-19(23(31)32)29-21-8-1-3-12-26-21)14-4-2-7-18-10-9-17-6-5-13-27-22(17)28-18/h1,3,8-10,12,19-20H,2,4-7,11,13-16H2,(H,26,29)(H,27,28)(H,31,32)/t19-/m0/s1. The van der Waals surface area contributed by atoms with Gasteiger partial charge in [-0.25, -0.2) is 23.5 Å². The lowest BCUT2D eigenvalue weighted by molar-refractivity contribution is -0.138. The third-order valence-electron chi connectivity index (χ3n) is 5.52. The number of halogens is 2. The van der Waals surface area contributed by atoms with Gasteiger partial charge in [-0.3, -0.25) is 4.90 Å². The van der Waals surface area contributed by atoms with E-state index in [0.717, 1.165) is 50.2 Å². The van der Waals surface area contributed by atoms with Crippen LogP contribution >= 0.6 is 0 Å². The minimum Gasteiger partial charge on any atom is -0.480 e. The average Bonchev–Trinajstić information content (AvgIpc) is 2.79. The smallest absolute Gasteiger partial charge is 0.326 e. The Labute approximate surface area is 187 Å². The molecule has 2 aromatic rings. The quantitative estimate of drug-likeness (QED) is 0.404. The summed E-state index contributed by atoms with van der Waals surface area (Å²) in [5, 5.41) is 15.7. The molecule has 3 heterocycles. The number of nitrogens with one attached hydrogen (secondary N) is 2. The first-order chi connectivity index (χ1) is 15.5. The van der Waals surface area contributed by atoms with E-state index in [-0.39, 0.29) is 19.5 Å². The van der Waals surface area contributed by atoms with Crippen LogP contribution in [0.5, 0.6) is 0 Å². The summed E-state index contributed by atoms with van der Waals surface area (Å²) in [6.07, 6.45) is 3.84. The molecule has 1 aliphatic heterocycles. The summed E-state index contributed by atoms with van der Waals surface area (Å²) in [4.78, 5) is 22.0. The minimum absolute atomic E-state index is 0.205. The second-order valence-corrected chi connectivity index (χ2v) is 8.03. The highest BCUT2D eigenvalue weighted by Crippen LogP contribution is 2.20. The number of carbonyl (C=O) groups is 1. The van der Waals surface area contributed by atoms with Crippen LogP contribution in [0, 0.1) is 0 Å². The number of carboxylic acids is 1. The highest BCUT2D eigenvalue weighted by Gasteiger charge is 2.20. The maximum Gasteiger partial charge on any atom is 0.326 e. The van der Waals surface area contributed by atoms with Crippen LogP contribution < -0.4 is 10.6 Å². The largest absolute Gasteiger partial charge is 0.480 e. The number of aryl methyl sites for hydroxylation is 2. The molecule has 32 heavy (non-hydrogen) atoms. The fraction of sp³-hybridized carbons (Fsp3) is 0.522. The highest BCUT2D eigenvalue weighted by molar-refractivity contribution is 5.76. The van der Waals surface area contributed by atoms with Gasteiger partial charge in [0.05, 0.1) is 6.54 Å². The molecule has 0 unspecified atom stereocenters. The van der Waals surface area contributed by atoms with Crippen LogP contribution in [0.2, 0.25) is 0 Å². The third-order valence-corrected chi connectivity index (χ3v) is 5.52. The second-order valence-electron chi connectivity index (χ2n) is 8.03. The monoisotopic (exact) mass is 447 g/mol. The van der Waals surface area contributed by atoms with Crippen molar-refractivity contribution in [2.45, 2.75) is 51.0 Å². The van der Waals surface area contributed by atoms with Gasteiger partial charge < -0.3 is 15.7 Å². The van der Waals surface area contributed by atoms with Crippen molar-refractivity contribution in [2.24, 2.45) is 0 Å². The van der Waals surface area contributed by atoms with Crippen LogP contribution in [0.1, 0.15) is 36.9 Å². The first-order valence-corrected chi connectivity index (χ1v) is 11.1. The summed E-state index contributed by atoms with van der Waals surface area (Å²) >= 11 is 0. The molecule has 0 saturated carbocycles. The van der Waals surface area contributed by atoms with E-state index >= 15 is 0 Å². The molecule has 174 valence electrons. The molecule has 0 aliphatic carbocycles. The van der Waals surface area contributed by atoms with Crippen LogP contribution in [0.25, 0.3) is 0 Å². The summed E-state index contributed by atoms with van der Waals surface area (Å²) in [5.74, 6) is 0.389. The lowest BCUT2D eigenvalue weighted by atomic mass is 10.1. The molecule has 7 nitrogen and oxygen atoms in total. The molecule has 1 aliphatic rings. The Morgan fingerprint density at radius 2 is 2.09 bits per heavy atom. The number of carboxylic acid groups (broad SMARTS) is 1. The van der Waals surface area contributed by atoms with E-state index in [4.69, 9.17) is 0 Å². The van der Waals surface area contributed by atoms with Crippen molar-refractivity contribution in [1.29, 1.82) is 0 Å². The van der Waals surface area contributed by atoms with E-state index < -0.39 is 18.4 Å². The topological polar surface area (TPSA) is 90.4 Å². The number of aromatic nitrogens is 2. The zero-order valence-corrected chi connectivity index (χ0v) is 18.1. The molecule has 3 N–H and O–H groups in total. The van der Waals surface area contributed by atoms with Gasteiger partial charge >= 0.3 is 5.97 Å². The lowest BCUT2D eigenvalue weighted by Crippen LogP contribution is -2.37. The summed E-state index contributed by atoms with van der Waals surface area (Å²) in [5.41, 5.74) is 2.25. The molecule has 0 aromatic carbocycles. The lowest BCUT2D eigenvalue weighted by Gasteiger charge is -2.24. The first kappa shape index (κ1) is 23.8. The van der Waals surface area contributed by atoms with Gasteiger partial charge in [-0.2, -0.15) is 0 Å². The van der Waals surface area contributed by atoms with Crippen molar-refractivity contribution in [3.8, 4) is 0 Å². The Morgan fingerprint density at radius 1 is 1.22 bits per heavy atom. The molecule has 0 saturated heterocycles. The number of hydrogen-bond acceptors (Lipinski definition) is 6. The number of pyridine rings is 2.